The molecule has 0 amide bonds. The Balaban J connectivity index is 1.71. The normalized spacial score (nSPS) is 12.0. The lowest BCUT2D eigenvalue weighted by Crippen LogP contribution is -2.09. The quantitative estimate of drug-likeness (QED) is 0.606. The summed E-state index contributed by atoms with van der Waals surface area (Å²) >= 11 is 3.33. The molecule has 1 heterocycles. The fraction of sp³-hybridized carbons (Fsp3) is 0.167. The molecule has 0 fully saturated rings. The molecule has 3 rings (SSSR count). The first kappa shape index (κ1) is 16.4. The monoisotopic (exact) mass is 386 g/mol. The van der Waals surface area contributed by atoms with Crippen LogP contribution in [0.1, 0.15) is 34.8 Å². The Morgan fingerprint density at radius 3 is 2.42 bits per heavy atom. The van der Waals surface area contributed by atoms with E-state index in [0.717, 1.165) is 15.6 Å². The number of carbonyl (C=O) groups is 1. The van der Waals surface area contributed by atoms with Gasteiger partial charge in [-0.2, -0.15) is 0 Å². The summed E-state index contributed by atoms with van der Waals surface area (Å²) < 4.78 is 11.9. The van der Waals surface area contributed by atoms with Crippen LogP contribution in [0.15, 0.2) is 57.4 Å². The Hall–Kier alpha value is -2.47. The molecule has 0 aliphatic rings. The van der Waals surface area contributed by atoms with Gasteiger partial charge in [0.15, 0.2) is 6.10 Å². The van der Waals surface area contributed by atoms with Crippen LogP contribution in [0.2, 0.25) is 0 Å². The maximum absolute atomic E-state index is 12.1. The van der Waals surface area contributed by atoms with Crippen LogP contribution in [-0.2, 0) is 4.74 Å². The second-order valence-electron chi connectivity index (χ2n) is 5.37. The summed E-state index contributed by atoms with van der Waals surface area (Å²) in [7, 11) is 0. The predicted molar refractivity (Wildman–Crippen MR) is 92.4 cm³/mol. The minimum Gasteiger partial charge on any atom is -0.449 e. The molecule has 0 bridgehead atoms. The van der Waals surface area contributed by atoms with Gasteiger partial charge in [0.05, 0.1) is 5.56 Å². The topological polar surface area (TPSA) is 65.2 Å². The Morgan fingerprint density at radius 2 is 1.75 bits per heavy atom. The molecular weight excluding hydrogens is 372 g/mol. The van der Waals surface area contributed by atoms with Crippen molar-refractivity contribution in [2.45, 2.75) is 20.0 Å². The van der Waals surface area contributed by atoms with Crippen LogP contribution in [0.3, 0.4) is 0 Å². The lowest BCUT2D eigenvalue weighted by atomic mass is 10.1. The molecule has 0 N–H and O–H groups in total. The van der Waals surface area contributed by atoms with Crippen molar-refractivity contribution in [3.05, 3.63) is 70.0 Å². The molecule has 0 saturated heterocycles. The second-order valence-corrected chi connectivity index (χ2v) is 6.28. The average Bonchev–Trinajstić information content (AvgIpc) is 3.06. The van der Waals surface area contributed by atoms with E-state index in [2.05, 4.69) is 26.1 Å². The first-order chi connectivity index (χ1) is 11.5. The van der Waals surface area contributed by atoms with Gasteiger partial charge in [0, 0.05) is 10.0 Å². The number of esters is 1. The van der Waals surface area contributed by atoms with Crippen LogP contribution in [0, 0.1) is 6.92 Å². The van der Waals surface area contributed by atoms with Crippen molar-refractivity contribution in [1.82, 2.24) is 10.2 Å². The van der Waals surface area contributed by atoms with E-state index in [9.17, 15) is 4.79 Å². The number of aromatic nitrogens is 2. The summed E-state index contributed by atoms with van der Waals surface area (Å²) in [6, 6.07) is 14.7. The van der Waals surface area contributed by atoms with Gasteiger partial charge in [0.2, 0.25) is 5.89 Å². The average molecular weight is 387 g/mol. The largest absolute Gasteiger partial charge is 0.449 e. The first-order valence-electron chi connectivity index (χ1n) is 7.40. The summed E-state index contributed by atoms with van der Waals surface area (Å²) in [4.78, 5) is 12.1. The standard InChI is InChI=1S/C18H15BrN2O3/c1-11-3-5-13(6-4-11)17-21-20-16(24-17)12(2)23-18(22)14-7-9-15(19)10-8-14/h3-10,12H,1-2H3/t12-/m0/s1. The number of benzene rings is 2. The van der Waals surface area contributed by atoms with Crippen LogP contribution in [-0.4, -0.2) is 16.2 Å². The molecule has 0 unspecified atom stereocenters. The second kappa shape index (κ2) is 6.97. The molecule has 0 aliphatic carbocycles. The molecule has 0 aliphatic heterocycles. The zero-order valence-corrected chi connectivity index (χ0v) is 14.8. The number of ether oxygens (including phenoxy) is 1. The van der Waals surface area contributed by atoms with Crippen LogP contribution >= 0.6 is 15.9 Å². The van der Waals surface area contributed by atoms with E-state index < -0.39 is 12.1 Å². The molecule has 0 radical (unpaired) electrons. The molecule has 3 aromatic rings. The highest BCUT2D eigenvalue weighted by atomic mass is 79.9. The Morgan fingerprint density at radius 1 is 1.08 bits per heavy atom. The number of rotatable bonds is 4. The third-order valence-corrected chi connectivity index (χ3v) is 3.98. The Bertz CT molecular complexity index is 841. The smallest absolute Gasteiger partial charge is 0.338 e. The predicted octanol–water partition coefficient (Wildman–Crippen LogP) is 4.73. The minimum atomic E-state index is -0.632. The third-order valence-electron chi connectivity index (χ3n) is 3.45. The van der Waals surface area contributed by atoms with Crippen molar-refractivity contribution in [2.75, 3.05) is 0 Å². The Kier molecular flexibility index (Phi) is 4.76. The van der Waals surface area contributed by atoms with Crippen molar-refractivity contribution in [3.8, 4) is 11.5 Å². The maximum Gasteiger partial charge on any atom is 0.338 e. The van der Waals surface area contributed by atoms with E-state index >= 15 is 0 Å². The molecule has 2 aromatic carbocycles. The number of carbonyl (C=O) groups excluding carboxylic acids is 1. The fourth-order valence-electron chi connectivity index (χ4n) is 2.08. The lowest BCUT2D eigenvalue weighted by molar-refractivity contribution is 0.0280. The number of nitrogens with zero attached hydrogens (tertiary/aromatic N) is 2. The van der Waals surface area contributed by atoms with E-state index in [4.69, 9.17) is 9.15 Å². The SMILES string of the molecule is Cc1ccc(-c2nnc([C@H](C)OC(=O)c3ccc(Br)cc3)o2)cc1. The van der Waals surface area contributed by atoms with Crippen molar-refractivity contribution in [3.63, 3.8) is 0 Å². The number of aryl methyl sites for hydroxylation is 1. The van der Waals surface area contributed by atoms with Crippen LogP contribution in [0.5, 0.6) is 0 Å². The van der Waals surface area contributed by atoms with Gasteiger partial charge < -0.3 is 9.15 Å². The van der Waals surface area contributed by atoms with E-state index in [0.29, 0.717) is 11.5 Å². The lowest BCUT2D eigenvalue weighted by Gasteiger charge is -2.09. The van der Waals surface area contributed by atoms with Gasteiger partial charge in [-0.05, 0) is 50.2 Å². The molecule has 24 heavy (non-hydrogen) atoms. The van der Waals surface area contributed by atoms with Gasteiger partial charge in [-0.1, -0.05) is 33.6 Å². The zero-order chi connectivity index (χ0) is 17.1. The summed E-state index contributed by atoms with van der Waals surface area (Å²) in [6.45, 7) is 3.70. The zero-order valence-electron chi connectivity index (χ0n) is 13.2. The van der Waals surface area contributed by atoms with Gasteiger partial charge in [0.25, 0.3) is 5.89 Å². The van der Waals surface area contributed by atoms with Gasteiger partial charge in [-0.3, -0.25) is 0 Å². The first-order valence-corrected chi connectivity index (χ1v) is 8.19. The maximum atomic E-state index is 12.1. The van der Waals surface area contributed by atoms with E-state index in [1.54, 1.807) is 31.2 Å². The number of hydrogen-bond acceptors (Lipinski definition) is 5. The molecule has 0 saturated carbocycles. The van der Waals surface area contributed by atoms with Crippen molar-refractivity contribution < 1.29 is 13.9 Å². The van der Waals surface area contributed by atoms with E-state index in [-0.39, 0.29) is 5.89 Å². The van der Waals surface area contributed by atoms with Crippen molar-refractivity contribution in [2.24, 2.45) is 0 Å². The highest BCUT2D eigenvalue weighted by molar-refractivity contribution is 9.10. The van der Waals surface area contributed by atoms with E-state index in [1.165, 1.54) is 0 Å². The summed E-state index contributed by atoms with van der Waals surface area (Å²) in [5.74, 6) is 0.220. The molecule has 122 valence electrons. The van der Waals surface area contributed by atoms with Gasteiger partial charge >= 0.3 is 5.97 Å². The van der Waals surface area contributed by atoms with Crippen LogP contribution < -0.4 is 0 Å². The highest BCUT2D eigenvalue weighted by Gasteiger charge is 2.19. The molecule has 5 nitrogen and oxygen atoms in total. The van der Waals surface area contributed by atoms with Crippen molar-refractivity contribution in [1.29, 1.82) is 0 Å². The van der Waals surface area contributed by atoms with Crippen molar-refractivity contribution >= 4 is 21.9 Å². The Labute approximate surface area is 147 Å². The highest BCUT2D eigenvalue weighted by Crippen LogP contribution is 2.23. The molecule has 6 heteroatoms. The number of hydrogen-bond donors (Lipinski definition) is 0. The van der Waals surface area contributed by atoms with Gasteiger partial charge in [0.1, 0.15) is 0 Å². The number of halogens is 1. The minimum absolute atomic E-state index is 0.260. The van der Waals surface area contributed by atoms with Gasteiger partial charge in [-0.15, -0.1) is 10.2 Å². The van der Waals surface area contributed by atoms with Crippen LogP contribution in [0.4, 0.5) is 0 Å². The molecule has 1 aromatic heterocycles. The van der Waals surface area contributed by atoms with Gasteiger partial charge in [-0.25, -0.2) is 4.79 Å². The summed E-state index contributed by atoms with van der Waals surface area (Å²) in [5, 5.41) is 7.99. The summed E-state index contributed by atoms with van der Waals surface area (Å²) in [5.41, 5.74) is 2.43. The fourth-order valence-corrected chi connectivity index (χ4v) is 2.34. The molecular formula is C18H15BrN2O3. The van der Waals surface area contributed by atoms with E-state index in [1.807, 2.05) is 31.2 Å². The summed E-state index contributed by atoms with van der Waals surface area (Å²) in [6.07, 6.45) is -0.632. The third kappa shape index (κ3) is 3.71. The molecule has 1 atom stereocenters. The molecule has 0 spiro atoms. The van der Waals surface area contributed by atoms with Crippen LogP contribution in [0.25, 0.3) is 11.5 Å².